The summed E-state index contributed by atoms with van der Waals surface area (Å²) in [4.78, 5) is 25.2. The number of likely N-dealkylation sites (tertiary alicyclic amines) is 1. The maximum atomic E-state index is 13.6. The number of ether oxygens (including phenoxy) is 1. The molecule has 36 heavy (non-hydrogen) atoms. The number of hydrogen-bond donors (Lipinski definition) is 1. The normalized spacial score (nSPS) is 20.4. The van der Waals surface area contributed by atoms with Crippen molar-refractivity contribution in [3.63, 3.8) is 0 Å². The first kappa shape index (κ1) is 23.0. The lowest BCUT2D eigenvalue weighted by atomic mass is 9.99. The molecule has 1 saturated carbocycles. The Labute approximate surface area is 211 Å². The molecule has 1 aliphatic heterocycles. The summed E-state index contributed by atoms with van der Waals surface area (Å²) in [5, 5.41) is 1.11. The van der Waals surface area contributed by atoms with E-state index in [4.69, 9.17) is 15.5 Å². The van der Waals surface area contributed by atoms with Crippen LogP contribution in [-0.4, -0.2) is 55.1 Å². The van der Waals surface area contributed by atoms with Gasteiger partial charge in [-0.1, -0.05) is 0 Å². The molecule has 0 bridgehead atoms. The van der Waals surface area contributed by atoms with Crippen LogP contribution in [0.4, 0.5) is 0 Å². The van der Waals surface area contributed by atoms with Crippen LogP contribution in [0.3, 0.4) is 0 Å². The molecule has 8 heteroatoms. The summed E-state index contributed by atoms with van der Waals surface area (Å²) in [6, 6.07) is 10.2. The highest BCUT2D eigenvalue weighted by Crippen LogP contribution is 2.37. The van der Waals surface area contributed by atoms with Gasteiger partial charge in [0.1, 0.15) is 16.9 Å². The number of fused-ring (bicyclic) bond motifs is 2. The molecule has 4 aromatic rings. The van der Waals surface area contributed by atoms with Crippen molar-refractivity contribution in [2.24, 2.45) is 18.7 Å². The molecule has 8 nitrogen and oxygen atoms in total. The molecule has 2 N–H and O–H groups in total. The summed E-state index contributed by atoms with van der Waals surface area (Å²) in [5.74, 6) is 2.20. The van der Waals surface area contributed by atoms with Crippen molar-refractivity contribution in [3.8, 4) is 17.3 Å². The number of carbonyl (C=O) groups excluding carboxylic acids is 1. The first-order valence-corrected chi connectivity index (χ1v) is 13.1. The van der Waals surface area contributed by atoms with Crippen LogP contribution in [-0.2, 0) is 13.6 Å². The largest absolute Gasteiger partial charge is 0.492 e. The molecule has 2 unspecified atom stereocenters. The Bertz CT molecular complexity index is 1450. The number of pyridine rings is 1. The lowest BCUT2D eigenvalue weighted by Gasteiger charge is -2.36. The fourth-order valence-corrected chi connectivity index (χ4v) is 5.53. The van der Waals surface area contributed by atoms with Crippen molar-refractivity contribution in [3.05, 3.63) is 42.1 Å². The number of aromatic nitrogens is 4. The summed E-state index contributed by atoms with van der Waals surface area (Å²) in [7, 11) is 2.02. The molecule has 188 valence electrons. The van der Waals surface area contributed by atoms with E-state index in [-0.39, 0.29) is 18.0 Å². The smallest absolute Gasteiger partial charge is 0.254 e. The van der Waals surface area contributed by atoms with Crippen LogP contribution in [0.5, 0.6) is 5.75 Å². The number of aryl methyl sites for hydroxylation is 1. The molecule has 1 aliphatic carbocycles. The Balaban J connectivity index is 1.48. The summed E-state index contributed by atoms with van der Waals surface area (Å²) in [6.45, 7) is 6.07. The number of amides is 1. The Hall–Kier alpha value is -3.39. The zero-order valence-electron chi connectivity index (χ0n) is 21.3. The molecule has 0 radical (unpaired) electrons. The molecule has 2 aliphatic rings. The van der Waals surface area contributed by atoms with Gasteiger partial charge in [0.15, 0.2) is 5.82 Å². The molecular weight excluding hydrogens is 452 g/mol. The first-order chi connectivity index (χ1) is 17.4. The molecule has 1 aromatic carbocycles. The third-order valence-corrected chi connectivity index (χ3v) is 7.68. The van der Waals surface area contributed by atoms with Gasteiger partial charge in [0.2, 0.25) is 0 Å². The van der Waals surface area contributed by atoms with Crippen LogP contribution in [0, 0.1) is 5.92 Å². The van der Waals surface area contributed by atoms with Gasteiger partial charge in [0, 0.05) is 49.4 Å². The zero-order valence-corrected chi connectivity index (χ0v) is 21.3. The van der Waals surface area contributed by atoms with E-state index in [1.807, 2.05) is 43.3 Å². The maximum absolute atomic E-state index is 13.6. The lowest BCUT2D eigenvalue weighted by molar-refractivity contribution is 0.0612. The number of piperidine rings is 1. The molecule has 4 heterocycles. The zero-order chi connectivity index (χ0) is 25.0. The van der Waals surface area contributed by atoms with Gasteiger partial charge in [0.25, 0.3) is 5.91 Å². The van der Waals surface area contributed by atoms with Crippen molar-refractivity contribution < 1.29 is 9.53 Å². The van der Waals surface area contributed by atoms with Crippen molar-refractivity contribution in [2.75, 3.05) is 13.2 Å². The van der Waals surface area contributed by atoms with Gasteiger partial charge in [-0.05, 0) is 75.8 Å². The highest BCUT2D eigenvalue weighted by atomic mass is 16.5. The minimum atomic E-state index is -0.0141. The van der Waals surface area contributed by atoms with Crippen molar-refractivity contribution >= 4 is 28.0 Å². The van der Waals surface area contributed by atoms with Gasteiger partial charge in [-0.25, -0.2) is 9.97 Å². The monoisotopic (exact) mass is 486 g/mol. The SMILES string of the molecule is CCOc1cc(C(=O)N2CC(N)CCC2C)cc2nc(-c3cc4cccnc4n3CC3CC3)n(C)c12. The third kappa shape index (κ3) is 3.93. The predicted molar refractivity (Wildman–Crippen MR) is 141 cm³/mol. The van der Waals surface area contributed by atoms with E-state index >= 15 is 0 Å². The van der Waals surface area contributed by atoms with Crippen molar-refractivity contribution in [1.82, 2.24) is 24.0 Å². The van der Waals surface area contributed by atoms with Gasteiger partial charge in [0.05, 0.1) is 17.8 Å². The van der Waals surface area contributed by atoms with E-state index in [0.717, 1.165) is 53.0 Å². The van der Waals surface area contributed by atoms with Crippen LogP contribution in [0.2, 0.25) is 0 Å². The molecule has 0 spiro atoms. The highest BCUT2D eigenvalue weighted by Gasteiger charge is 2.30. The predicted octanol–water partition coefficient (Wildman–Crippen LogP) is 4.35. The standard InChI is InChI=1S/C28H34N6O2/c1-4-36-24-14-20(28(35)33-16-21(29)10-7-17(33)2)12-22-25(24)32(3)27(31-22)23-13-19-6-5-11-30-26(19)34(23)15-18-8-9-18/h5-6,11-14,17-18,21H,4,7-10,15-16,29H2,1-3H3. The fraction of sp³-hybridized carbons (Fsp3) is 0.464. The quantitative estimate of drug-likeness (QED) is 0.438. The van der Waals surface area contributed by atoms with Crippen LogP contribution < -0.4 is 10.5 Å². The number of nitrogens with zero attached hydrogens (tertiary/aromatic N) is 5. The second-order valence-corrected chi connectivity index (χ2v) is 10.4. The lowest BCUT2D eigenvalue weighted by Crippen LogP contribution is -2.50. The van der Waals surface area contributed by atoms with E-state index in [2.05, 4.69) is 33.2 Å². The van der Waals surface area contributed by atoms with E-state index in [0.29, 0.717) is 30.4 Å². The van der Waals surface area contributed by atoms with Gasteiger partial charge >= 0.3 is 0 Å². The molecule has 1 saturated heterocycles. The fourth-order valence-electron chi connectivity index (χ4n) is 5.53. The first-order valence-electron chi connectivity index (χ1n) is 13.1. The van der Waals surface area contributed by atoms with Gasteiger partial charge in [-0.2, -0.15) is 0 Å². The van der Waals surface area contributed by atoms with E-state index in [1.165, 1.54) is 12.8 Å². The minimum absolute atomic E-state index is 0.0141. The summed E-state index contributed by atoms with van der Waals surface area (Å²) in [6.07, 6.45) is 6.23. The van der Waals surface area contributed by atoms with Gasteiger partial charge in [-0.15, -0.1) is 0 Å². The van der Waals surface area contributed by atoms with E-state index in [9.17, 15) is 4.79 Å². The summed E-state index contributed by atoms with van der Waals surface area (Å²) >= 11 is 0. The molecule has 3 aromatic heterocycles. The average molecular weight is 487 g/mol. The Morgan fingerprint density at radius 2 is 2.03 bits per heavy atom. The topological polar surface area (TPSA) is 91.2 Å². The second kappa shape index (κ2) is 8.92. The Morgan fingerprint density at radius 1 is 1.19 bits per heavy atom. The van der Waals surface area contributed by atoms with Gasteiger partial charge in [-0.3, -0.25) is 4.79 Å². The second-order valence-electron chi connectivity index (χ2n) is 10.4. The van der Waals surface area contributed by atoms with E-state index in [1.54, 1.807) is 0 Å². The average Bonchev–Trinajstić information content (AvgIpc) is 3.54. The maximum Gasteiger partial charge on any atom is 0.254 e. The number of carbonyl (C=O) groups is 1. The summed E-state index contributed by atoms with van der Waals surface area (Å²) in [5.41, 5.74) is 10.5. The number of imidazole rings is 1. The van der Waals surface area contributed by atoms with Crippen LogP contribution >= 0.6 is 0 Å². The number of hydrogen-bond acceptors (Lipinski definition) is 5. The van der Waals surface area contributed by atoms with Crippen LogP contribution in [0.25, 0.3) is 33.6 Å². The Morgan fingerprint density at radius 3 is 2.81 bits per heavy atom. The molecule has 1 amide bonds. The number of rotatable bonds is 6. The molecular formula is C28H34N6O2. The Kier molecular flexibility index (Phi) is 5.71. The minimum Gasteiger partial charge on any atom is -0.492 e. The van der Waals surface area contributed by atoms with E-state index < -0.39 is 0 Å². The van der Waals surface area contributed by atoms with Crippen LogP contribution in [0.15, 0.2) is 36.5 Å². The number of nitrogens with two attached hydrogens (primary N) is 1. The van der Waals surface area contributed by atoms with Crippen molar-refractivity contribution in [2.45, 2.75) is 58.2 Å². The molecule has 2 atom stereocenters. The highest BCUT2D eigenvalue weighted by molar-refractivity contribution is 6.00. The number of benzene rings is 1. The van der Waals surface area contributed by atoms with Crippen LogP contribution in [0.1, 0.15) is 49.9 Å². The third-order valence-electron chi connectivity index (χ3n) is 7.68. The molecule has 2 fully saturated rings. The molecule has 6 rings (SSSR count). The van der Waals surface area contributed by atoms with Gasteiger partial charge < -0.3 is 24.5 Å². The summed E-state index contributed by atoms with van der Waals surface area (Å²) < 4.78 is 10.5. The van der Waals surface area contributed by atoms with Crippen molar-refractivity contribution in [1.29, 1.82) is 0 Å².